The first-order valence-electron chi connectivity index (χ1n) is 5.83. The predicted octanol–water partition coefficient (Wildman–Crippen LogP) is 2.74. The molecule has 1 aromatic carbocycles. The molecule has 0 saturated heterocycles. The second-order valence-electron chi connectivity index (χ2n) is 4.06. The molecule has 0 saturated carbocycles. The summed E-state index contributed by atoms with van der Waals surface area (Å²) in [7, 11) is 1.64. The fourth-order valence-electron chi connectivity index (χ4n) is 1.70. The zero-order valence-electron chi connectivity index (χ0n) is 10.6. The number of aromatic carboxylic acids is 1. The summed E-state index contributed by atoms with van der Waals surface area (Å²) in [5.74, 6) is -0.0427. The lowest BCUT2D eigenvalue weighted by atomic mass is 10.2. The first kappa shape index (κ1) is 13.6. The number of thiophene rings is 1. The normalized spacial score (nSPS) is 10.4. The molecule has 0 atom stereocenters. The van der Waals surface area contributed by atoms with Crippen LogP contribution in [0.4, 0.5) is 0 Å². The van der Waals surface area contributed by atoms with Gasteiger partial charge in [0.15, 0.2) is 0 Å². The highest BCUT2D eigenvalue weighted by atomic mass is 32.1. The Morgan fingerprint density at radius 1 is 1.37 bits per heavy atom. The van der Waals surface area contributed by atoms with Gasteiger partial charge in [-0.15, -0.1) is 11.3 Å². The van der Waals surface area contributed by atoms with Crippen molar-refractivity contribution in [2.24, 2.45) is 0 Å². The zero-order valence-corrected chi connectivity index (χ0v) is 11.4. The number of carboxylic acids is 1. The van der Waals surface area contributed by atoms with Crippen molar-refractivity contribution < 1.29 is 14.6 Å². The van der Waals surface area contributed by atoms with E-state index >= 15 is 0 Å². The number of methoxy groups -OCH3 is 1. The minimum Gasteiger partial charge on any atom is -0.497 e. The van der Waals surface area contributed by atoms with E-state index < -0.39 is 5.97 Å². The van der Waals surface area contributed by atoms with E-state index in [1.54, 1.807) is 18.6 Å². The van der Waals surface area contributed by atoms with Crippen molar-refractivity contribution >= 4 is 17.3 Å². The van der Waals surface area contributed by atoms with Crippen LogP contribution in [-0.2, 0) is 13.1 Å². The quantitative estimate of drug-likeness (QED) is 0.852. The second-order valence-corrected chi connectivity index (χ2v) is 5.06. The van der Waals surface area contributed by atoms with Gasteiger partial charge in [0.25, 0.3) is 0 Å². The zero-order chi connectivity index (χ0) is 13.7. The van der Waals surface area contributed by atoms with Gasteiger partial charge in [-0.1, -0.05) is 12.1 Å². The van der Waals surface area contributed by atoms with E-state index in [9.17, 15) is 4.79 Å². The maximum absolute atomic E-state index is 10.8. The second kappa shape index (κ2) is 6.36. The van der Waals surface area contributed by atoms with Crippen molar-refractivity contribution in [1.82, 2.24) is 5.32 Å². The number of ether oxygens (including phenoxy) is 1. The molecule has 2 aromatic rings. The van der Waals surface area contributed by atoms with Crippen LogP contribution in [0.3, 0.4) is 0 Å². The van der Waals surface area contributed by atoms with Crippen LogP contribution in [0.25, 0.3) is 0 Å². The molecular formula is C14H15NO3S. The van der Waals surface area contributed by atoms with E-state index in [0.29, 0.717) is 12.1 Å². The molecule has 0 fully saturated rings. The largest absolute Gasteiger partial charge is 0.497 e. The SMILES string of the molecule is COc1cccc(CNCc2cc(C(=O)O)cs2)c1. The summed E-state index contributed by atoms with van der Waals surface area (Å²) >= 11 is 1.45. The number of hydrogen-bond donors (Lipinski definition) is 2. The number of carboxylic acid groups (broad SMARTS) is 1. The lowest BCUT2D eigenvalue weighted by Gasteiger charge is -2.05. The smallest absolute Gasteiger partial charge is 0.336 e. The standard InChI is InChI=1S/C14H15NO3S/c1-18-12-4-2-3-10(5-12)7-15-8-13-6-11(9-19-13)14(16)17/h2-6,9,15H,7-8H2,1H3,(H,16,17). The summed E-state index contributed by atoms with van der Waals surface area (Å²) in [6, 6.07) is 9.55. The van der Waals surface area contributed by atoms with Gasteiger partial charge in [-0.25, -0.2) is 4.79 Å². The molecule has 100 valence electrons. The highest BCUT2D eigenvalue weighted by molar-refractivity contribution is 7.10. The molecule has 0 aliphatic heterocycles. The highest BCUT2D eigenvalue weighted by Gasteiger charge is 2.06. The van der Waals surface area contributed by atoms with Crippen LogP contribution in [0.2, 0.25) is 0 Å². The molecule has 0 aliphatic rings. The number of benzene rings is 1. The molecule has 2 rings (SSSR count). The van der Waals surface area contributed by atoms with Crippen molar-refractivity contribution in [3.8, 4) is 5.75 Å². The molecule has 19 heavy (non-hydrogen) atoms. The van der Waals surface area contributed by atoms with Crippen LogP contribution in [0.1, 0.15) is 20.8 Å². The van der Waals surface area contributed by atoms with Crippen molar-refractivity contribution in [3.63, 3.8) is 0 Å². The van der Waals surface area contributed by atoms with Crippen LogP contribution in [0.5, 0.6) is 5.75 Å². The molecule has 2 N–H and O–H groups in total. The van der Waals surface area contributed by atoms with Gasteiger partial charge in [0.05, 0.1) is 12.7 Å². The Morgan fingerprint density at radius 2 is 2.21 bits per heavy atom. The molecule has 1 heterocycles. The Morgan fingerprint density at radius 3 is 2.89 bits per heavy atom. The van der Waals surface area contributed by atoms with Gasteiger partial charge in [0.1, 0.15) is 5.75 Å². The van der Waals surface area contributed by atoms with Crippen LogP contribution < -0.4 is 10.1 Å². The molecule has 0 radical (unpaired) electrons. The Hall–Kier alpha value is -1.85. The van der Waals surface area contributed by atoms with Gasteiger partial charge in [-0.05, 0) is 23.8 Å². The monoisotopic (exact) mass is 277 g/mol. The number of rotatable bonds is 6. The van der Waals surface area contributed by atoms with Gasteiger partial charge < -0.3 is 15.2 Å². The lowest BCUT2D eigenvalue weighted by Crippen LogP contribution is -2.11. The minimum atomic E-state index is -0.879. The summed E-state index contributed by atoms with van der Waals surface area (Å²) in [4.78, 5) is 11.8. The fraction of sp³-hybridized carbons (Fsp3) is 0.214. The van der Waals surface area contributed by atoms with E-state index in [4.69, 9.17) is 9.84 Å². The third kappa shape index (κ3) is 3.81. The maximum atomic E-state index is 10.8. The molecule has 0 bridgehead atoms. The number of nitrogens with one attached hydrogen (secondary N) is 1. The first-order valence-corrected chi connectivity index (χ1v) is 6.71. The van der Waals surface area contributed by atoms with E-state index in [1.807, 2.05) is 24.3 Å². The van der Waals surface area contributed by atoms with E-state index in [-0.39, 0.29) is 0 Å². The van der Waals surface area contributed by atoms with Gasteiger partial charge in [0.2, 0.25) is 0 Å². The Balaban J connectivity index is 1.86. The molecule has 4 nitrogen and oxygen atoms in total. The van der Waals surface area contributed by atoms with Gasteiger partial charge >= 0.3 is 5.97 Å². The summed E-state index contributed by atoms with van der Waals surface area (Å²) in [5, 5.41) is 13.8. The molecule has 5 heteroatoms. The maximum Gasteiger partial charge on any atom is 0.336 e. The summed E-state index contributed by atoms with van der Waals surface area (Å²) in [6.45, 7) is 1.38. The Bertz CT molecular complexity index is 565. The fourth-order valence-corrected chi connectivity index (χ4v) is 2.53. The third-order valence-electron chi connectivity index (χ3n) is 2.66. The van der Waals surface area contributed by atoms with Crippen molar-refractivity contribution in [2.75, 3.05) is 7.11 Å². The average molecular weight is 277 g/mol. The van der Waals surface area contributed by atoms with Crippen LogP contribution in [0, 0.1) is 0 Å². The van der Waals surface area contributed by atoms with Gasteiger partial charge in [0, 0.05) is 23.3 Å². The van der Waals surface area contributed by atoms with Crippen LogP contribution >= 0.6 is 11.3 Å². The third-order valence-corrected chi connectivity index (χ3v) is 3.60. The summed E-state index contributed by atoms with van der Waals surface area (Å²) in [5.41, 5.74) is 1.48. The van der Waals surface area contributed by atoms with Gasteiger partial charge in [-0.2, -0.15) is 0 Å². The molecule has 1 aromatic heterocycles. The van der Waals surface area contributed by atoms with Crippen LogP contribution in [-0.4, -0.2) is 18.2 Å². The topological polar surface area (TPSA) is 58.6 Å². The summed E-state index contributed by atoms with van der Waals surface area (Å²) in [6.07, 6.45) is 0. The molecule has 0 unspecified atom stereocenters. The van der Waals surface area contributed by atoms with E-state index in [2.05, 4.69) is 5.32 Å². The lowest BCUT2D eigenvalue weighted by molar-refractivity contribution is 0.0697. The molecule has 0 amide bonds. The molecule has 0 spiro atoms. The first-order chi connectivity index (χ1) is 9.19. The van der Waals surface area contributed by atoms with Crippen molar-refractivity contribution in [3.05, 3.63) is 51.7 Å². The van der Waals surface area contributed by atoms with Gasteiger partial charge in [-0.3, -0.25) is 0 Å². The molecule has 0 aliphatic carbocycles. The predicted molar refractivity (Wildman–Crippen MR) is 74.8 cm³/mol. The van der Waals surface area contributed by atoms with E-state index in [0.717, 1.165) is 22.7 Å². The summed E-state index contributed by atoms with van der Waals surface area (Å²) < 4.78 is 5.16. The number of carbonyl (C=O) groups is 1. The van der Waals surface area contributed by atoms with Crippen molar-refractivity contribution in [2.45, 2.75) is 13.1 Å². The van der Waals surface area contributed by atoms with Crippen molar-refractivity contribution in [1.29, 1.82) is 0 Å². The molecular weight excluding hydrogens is 262 g/mol. The average Bonchev–Trinajstić information content (AvgIpc) is 2.88. The van der Waals surface area contributed by atoms with Crippen LogP contribution in [0.15, 0.2) is 35.7 Å². The minimum absolute atomic E-state index is 0.350. The number of hydrogen-bond acceptors (Lipinski definition) is 4. The highest BCUT2D eigenvalue weighted by Crippen LogP contribution is 2.15. The van der Waals surface area contributed by atoms with E-state index in [1.165, 1.54) is 11.3 Å². The Kier molecular flexibility index (Phi) is 4.54. The Labute approximate surface area is 115 Å².